The number of hydrogen-bond acceptors (Lipinski definition) is 6. The van der Waals surface area contributed by atoms with Gasteiger partial charge in [-0.1, -0.05) is 12.1 Å². The number of nitrogens with zero attached hydrogens (tertiary/aromatic N) is 1. The molecule has 142 valence electrons. The summed E-state index contributed by atoms with van der Waals surface area (Å²) in [4.78, 5) is 39.1. The van der Waals surface area contributed by atoms with Crippen LogP contribution in [0.15, 0.2) is 52.4 Å². The van der Waals surface area contributed by atoms with E-state index in [0.29, 0.717) is 10.7 Å². The monoisotopic (exact) mass is 398 g/mol. The molecule has 1 saturated heterocycles. The first-order valence-corrected chi connectivity index (χ1v) is 8.72. The standard InChI is InChI=1S/C19H14N2O6S/c1-27-14-4-2-3-10(5-14)6-15-16(22)21-19(28-15)20-13-8-11(17(23)24)7-12(9-13)18(25)26/h2-9H,1H3,(H,23,24)(H,25,26)(H,20,21,22)/b15-6-. The molecule has 8 nitrogen and oxygen atoms in total. The van der Waals surface area contributed by atoms with E-state index < -0.39 is 11.9 Å². The summed E-state index contributed by atoms with van der Waals surface area (Å²) in [7, 11) is 1.55. The van der Waals surface area contributed by atoms with Crippen LogP contribution in [0.1, 0.15) is 26.3 Å². The summed E-state index contributed by atoms with van der Waals surface area (Å²) >= 11 is 1.07. The minimum atomic E-state index is -1.27. The van der Waals surface area contributed by atoms with Crippen LogP contribution >= 0.6 is 11.8 Å². The molecule has 0 radical (unpaired) electrons. The number of methoxy groups -OCH3 is 1. The van der Waals surface area contributed by atoms with Gasteiger partial charge in [0.25, 0.3) is 5.91 Å². The van der Waals surface area contributed by atoms with Crippen LogP contribution in [0.5, 0.6) is 5.75 Å². The average Bonchev–Trinajstić information content (AvgIpc) is 3.00. The van der Waals surface area contributed by atoms with Gasteiger partial charge in [-0.15, -0.1) is 0 Å². The van der Waals surface area contributed by atoms with Crippen LogP contribution in [-0.4, -0.2) is 40.3 Å². The molecular formula is C19H14N2O6S. The van der Waals surface area contributed by atoms with E-state index in [0.717, 1.165) is 23.4 Å². The third-order valence-electron chi connectivity index (χ3n) is 3.68. The molecule has 3 rings (SSSR count). The van der Waals surface area contributed by atoms with E-state index in [9.17, 15) is 14.4 Å². The molecule has 0 aliphatic carbocycles. The van der Waals surface area contributed by atoms with Crippen LogP contribution in [0.2, 0.25) is 0 Å². The number of benzene rings is 2. The molecule has 2 aromatic carbocycles. The number of carboxylic acid groups (broad SMARTS) is 2. The molecule has 0 atom stereocenters. The summed E-state index contributed by atoms with van der Waals surface area (Å²) in [5, 5.41) is 21.1. The molecule has 3 N–H and O–H groups in total. The van der Waals surface area contributed by atoms with Gasteiger partial charge in [0.05, 0.1) is 28.8 Å². The second-order valence-corrected chi connectivity index (χ2v) is 6.67. The zero-order valence-electron chi connectivity index (χ0n) is 14.5. The van der Waals surface area contributed by atoms with Crippen molar-refractivity contribution >= 4 is 46.5 Å². The maximum Gasteiger partial charge on any atom is 0.335 e. The number of amidine groups is 1. The number of nitrogens with one attached hydrogen (secondary N) is 1. The smallest absolute Gasteiger partial charge is 0.335 e. The van der Waals surface area contributed by atoms with E-state index in [1.165, 1.54) is 12.1 Å². The lowest BCUT2D eigenvalue weighted by atomic mass is 10.1. The predicted octanol–water partition coefficient (Wildman–Crippen LogP) is 2.98. The van der Waals surface area contributed by atoms with Crippen molar-refractivity contribution in [2.45, 2.75) is 0 Å². The lowest BCUT2D eigenvalue weighted by molar-refractivity contribution is -0.115. The average molecular weight is 398 g/mol. The Hall–Kier alpha value is -3.59. The summed E-state index contributed by atoms with van der Waals surface area (Å²) < 4.78 is 5.15. The number of rotatable bonds is 5. The second kappa shape index (κ2) is 7.97. The number of carboxylic acids is 2. The number of aliphatic imine (C=N–C) groups is 1. The van der Waals surface area contributed by atoms with Gasteiger partial charge in [0.2, 0.25) is 0 Å². The molecule has 1 amide bonds. The van der Waals surface area contributed by atoms with Crippen LogP contribution in [0, 0.1) is 0 Å². The summed E-state index contributed by atoms with van der Waals surface area (Å²) in [5.41, 5.74) is 0.462. The zero-order valence-corrected chi connectivity index (χ0v) is 15.3. The second-order valence-electron chi connectivity index (χ2n) is 5.64. The van der Waals surface area contributed by atoms with Crippen LogP contribution in [0.4, 0.5) is 5.69 Å². The van der Waals surface area contributed by atoms with Crippen molar-refractivity contribution in [3.63, 3.8) is 0 Å². The van der Waals surface area contributed by atoms with Gasteiger partial charge in [0.1, 0.15) is 5.75 Å². The topological polar surface area (TPSA) is 125 Å². The fourth-order valence-electron chi connectivity index (χ4n) is 2.40. The lowest BCUT2D eigenvalue weighted by Gasteiger charge is -2.02. The number of carbonyl (C=O) groups is 3. The molecule has 0 unspecified atom stereocenters. The highest BCUT2D eigenvalue weighted by Crippen LogP contribution is 2.29. The molecular weight excluding hydrogens is 384 g/mol. The first-order chi connectivity index (χ1) is 13.4. The van der Waals surface area contributed by atoms with E-state index in [1.54, 1.807) is 31.4 Å². The third-order valence-corrected chi connectivity index (χ3v) is 4.59. The molecule has 1 aliphatic rings. The maximum atomic E-state index is 12.2. The largest absolute Gasteiger partial charge is 0.497 e. The van der Waals surface area contributed by atoms with Crippen LogP contribution < -0.4 is 10.1 Å². The minimum absolute atomic E-state index is 0.114. The molecule has 1 aliphatic heterocycles. The highest BCUT2D eigenvalue weighted by molar-refractivity contribution is 8.18. The fourth-order valence-corrected chi connectivity index (χ4v) is 3.24. The van der Waals surface area contributed by atoms with Crippen molar-refractivity contribution in [2.75, 3.05) is 7.11 Å². The van der Waals surface area contributed by atoms with Crippen molar-refractivity contribution in [1.82, 2.24) is 5.32 Å². The van der Waals surface area contributed by atoms with Crippen LogP contribution in [0.25, 0.3) is 6.08 Å². The number of carbonyl (C=O) groups excluding carboxylic acids is 1. The Morgan fingerprint density at radius 2 is 1.79 bits per heavy atom. The SMILES string of the molecule is COc1cccc(/C=C2\SC(=Nc3cc(C(=O)O)cc(C(=O)O)c3)NC2=O)c1. The normalized spacial score (nSPS) is 16.2. The number of hydrogen-bond donors (Lipinski definition) is 3. The molecule has 0 saturated carbocycles. The van der Waals surface area contributed by atoms with Crippen molar-refractivity contribution in [1.29, 1.82) is 0 Å². The van der Waals surface area contributed by atoms with Gasteiger partial charge in [-0.05, 0) is 53.7 Å². The number of aromatic carboxylic acids is 2. The molecule has 9 heteroatoms. The number of thioether (sulfide) groups is 1. The van der Waals surface area contributed by atoms with Gasteiger partial charge >= 0.3 is 11.9 Å². The van der Waals surface area contributed by atoms with E-state index in [-0.39, 0.29) is 27.9 Å². The van der Waals surface area contributed by atoms with Crippen molar-refractivity contribution in [3.8, 4) is 5.75 Å². The van der Waals surface area contributed by atoms with E-state index in [1.807, 2.05) is 6.07 Å². The van der Waals surface area contributed by atoms with E-state index >= 15 is 0 Å². The number of amides is 1. The Morgan fingerprint density at radius 3 is 2.39 bits per heavy atom. The van der Waals surface area contributed by atoms with Gasteiger partial charge < -0.3 is 20.3 Å². The summed E-state index contributed by atoms with van der Waals surface area (Å²) in [5.74, 6) is -2.25. The van der Waals surface area contributed by atoms with Crippen LogP contribution in [-0.2, 0) is 4.79 Å². The first kappa shape index (κ1) is 19.2. The Kier molecular flexibility index (Phi) is 5.46. The minimum Gasteiger partial charge on any atom is -0.497 e. The third kappa shape index (κ3) is 4.38. The lowest BCUT2D eigenvalue weighted by Crippen LogP contribution is -2.19. The molecule has 1 fully saturated rings. The molecule has 28 heavy (non-hydrogen) atoms. The highest BCUT2D eigenvalue weighted by Gasteiger charge is 2.24. The summed E-state index contributed by atoms with van der Waals surface area (Å²) in [6, 6.07) is 10.7. The van der Waals surface area contributed by atoms with Crippen molar-refractivity contribution in [3.05, 3.63) is 64.1 Å². The van der Waals surface area contributed by atoms with Gasteiger partial charge in [-0.3, -0.25) is 4.79 Å². The van der Waals surface area contributed by atoms with Crippen molar-refractivity contribution in [2.24, 2.45) is 4.99 Å². The Balaban J connectivity index is 1.90. The van der Waals surface area contributed by atoms with Crippen LogP contribution in [0.3, 0.4) is 0 Å². The van der Waals surface area contributed by atoms with Gasteiger partial charge in [-0.2, -0.15) is 0 Å². The first-order valence-electron chi connectivity index (χ1n) is 7.91. The summed E-state index contributed by atoms with van der Waals surface area (Å²) in [6.45, 7) is 0. The molecule has 0 bridgehead atoms. The van der Waals surface area contributed by atoms with Gasteiger partial charge in [0, 0.05) is 0 Å². The Labute approximate surface area is 163 Å². The quantitative estimate of drug-likeness (QED) is 0.661. The van der Waals surface area contributed by atoms with Crippen molar-refractivity contribution < 1.29 is 29.3 Å². The van der Waals surface area contributed by atoms with Gasteiger partial charge in [0.15, 0.2) is 5.17 Å². The van der Waals surface area contributed by atoms with Gasteiger partial charge in [-0.25, -0.2) is 14.6 Å². The zero-order chi connectivity index (χ0) is 20.3. The number of ether oxygens (including phenoxy) is 1. The molecule has 0 aromatic heterocycles. The maximum absolute atomic E-state index is 12.2. The molecule has 0 spiro atoms. The fraction of sp³-hybridized carbons (Fsp3) is 0.0526. The predicted molar refractivity (Wildman–Crippen MR) is 104 cm³/mol. The molecule has 1 heterocycles. The Bertz CT molecular complexity index is 1010. The van der Waals surface area contributed by atoms with E-state index in [2.05, 4.69) is 10.3 Å². The van der Waals surface area contributed by atoms with E-state index in [4.69, 9.17) is 14.9 Å². The Morgan fingerprint density at radius 1 is 1.11 bits per heavy atom. The molecule has 2 aromatic rings. The summed E-state index contributed by atoms with van der Waals surface area (Å²) in [6.07, 6.45) is 1.67. The highest BCUT2D eigenvalue weighted by atomic mass is 32.2.